The third kappa shape index (κ3) is 33.4. The average Bonchev–Trinajstić information content (AvgIpc) is 2.93. The van der Waals surface area contributed by atoms with Gasteiger partial charge >= 0.3 is 7.75 Å². The van der Waals surface area contributed by atoms with Gasteiger partial charge in [0.25, 0.3) is 0 Å². The van der Waals surface area contributed by atoms with E-state index in [4.69, 9.17) is 19.3 Å². The normalized spacial score (nSPS) is 12.4. The Hall–Kier alpha value is 0.690. The summed E-state index contributed by atoms with van der Waals surface area (Å²) in [6.45, 7) is 3.03. The number of nitrogens with zero attached hydrogens (tertiary/aromatic N) is 1. The van der Waals surface area contributed by atoms with Crippen molar-refractivity contribution < 1.29 is 28.3 Å². The molecule has 0 aliphatic carbocycles. The largest absolute Gasteiger partial charge is 0.405 e. The summed E-state index contributed by atoms with van der Waals surface area (Å²) >= 11 is 3.70. The van der Waals surface area contributed by atoms with Crippen molar-refractivity contribution in [2.75, 3.05) is 83.7 Å². The minimum atomic E-state index is -3.27. The Morgan fingerprint density at radius 1 is 0.561 bits per heavy atom. The number of aliphatic hydroxyl groups is 2. The lowest BCUT2D eigenvalue weighted by Crippen LogP contribution is -2.40. The Bertz CT molecular complexity index is 549. The van der Waals surface area contributed by atoms with Gasteiger partial charge in [-0.1, -0.05) is 89.9 Å². The fourth-order valence-corrected chi connectivity index (χ4v) is 7.29. The van der Waals surface area contributed by atoms with Crippen molar-refractivity contribution in [2.24, 2.45) is 0 Å². The van der Waals surface area contributed by atoms with E-state index in [0.29, 0.717) is 33.0 Å². The molecule has 10 heteroatoms. The maximum absolute atomic E-state index is 13.3. The molecule has 7 nitrogen and oxygen atoms in total. The molecule has 0 rings (SSSR count). The van der Waals surface area contributed by atoms with Gasteiger partial charge in [-0.25, -0.2) is 9.65 Å². The first-order valence-corrected chi connectivity index (χ1v) is 20.5. The highest BCUT2D eigenvalue weighted by Crippen LogP contribution is 2.44. The molecule has 0 heterocycles. The van der Waals surface area contributed by atoms with Gasteiger partial charge in [0, 0.05) is 11.5 Å². The summed E-state index contributed by atoms with van der Waals surface area (Å²) in [6, 6.07) is 0. The summed E-state index contributed by atoms with van der Waals surface area (Å²) in [5.41, 5.74) is 0. The second kappa shape index (κ2) is 30.7. The molecule has 0 aliphatic rings. The topological polar surface area (TPSA) is 88.0 Å². The van der Waals surface area contributed by atoms with Gasteiger partial charge in [-0.05, 0) is 37.2 Å². The number of unbranched alkanes of at least 4 members (excludes halogenated alkanes) is 16. The highest BCUT2D eigenvalue weighted by Gasteiger charge is 2.25. The fraction of sp³-hybridized carbons (Fsp3) is 1.00. The summed E-state index contributed by atoms with van der Waals surface area (Å²) in [5.74, 6) is 4.08. The van der Waals surface area contributed by atoms with E-state index in [1.165, 1.54) is 101 Å². The van der Waals surface area contributed by atoms with Crippen LogP contribution in [0.5, 0.6) is 0 Å². The Labute approximate surface area is 263 Å². The molecular weight excluding hydrogens is 575 g/mol. The van der Waals surface area contributed by atoms with Crippen LogP contribution >= 0.6 is 31.3 Å². The SMILES string of the molecule is C[N+](C)(C)CCNP(=O)(OCCCCCCCCCCCSCCO)OCCCCCCCCCCCSCCO. The average molecular weight is 644 g/mol. The van der Waals surface area contributed by atoms with Gasteiger partial charge in [-0.15, -0.1) is 0 Å². The molecule has 0 saturated carbocycles. The van der Waals surface area contributed by atoms with E-state index in [9.17, 15) is 4.57 Å². The molecule has 3 N–H and O–H groups in total. The van der Waals surface area contributed by atoms with Crippen molar-refractivity contribution >= 4 is 31.3 Å². The van der Waals surface area contributed by atoms with Crippen molar-refractivity contribution in [1.82, 2.24) is 5.09 Å². The molecule has 0 fully saturated rings. The van der Waals surface area contributed by atoms with Crippen LogP contribution in [0, 0.1) is 0 Å². The third-order valence-electron chi connectivity index (χ3n) is 6.95. The van der Waals surface area contributed by atoms with Gasteiger partial charge in [0.1, 0.15) is 0 Å². The van der Waals surface area contributed by atoms with Crippen LogP contribution in [0.25, 0.3) is 0 Å². The number of aliphatic hydroxyl groups excluding tert-OH is 2. The Morgan fingerprint density at radius 3 is 1.24 bits per heavy atom. The number of hydrogen-bond donors (Lipinski definition) is 3. The Balaban J connectivity index is 3.90. The third-order valence-corrected chi connectivity index (χ3v) is 10.7. The van der Waals surface area contributed by atoms with Crippen molar-refractivity contribution in [3.05, 3.63) is 0 Å². The molecule has 0 aromatic rings. The van der Waals surface area contributed by atoms with E-state index in [-0.39, 0.29) is 0 Å². The number of rotatable bonds is 34. The molecule has 0 aliphatic heterocycles. The summed E-state index contributed by atoms with van der Waals surface area (Å²) < 4.78 is 25.8. The van der Waals surface area contributed by atoms with E-state index >= 15 is 0 Å². The number of thioether (sulfide) groups is 2. The monoisotopic (exact) mass is 643 g/mol. The van der Waals surface area contributed by atoms with E-state index in [1.54, 1.807) is 0 Å². The summed E-state index contributed by atoms with van der Waals surface area (Å²) in [7, 11) is 3.12. The molecule has 248 valence electrons. The van der Waals surface area contributed by atoms with Gasteiger partial charge in [0.15, 0.2) is 0 Å². The molecule has 0 unspecified atom stereocenters. The smallest absolute Gasteiger partial charge is 0.396 e. The first kappa shape index (κ1) is 41.7. The first-order chi connectivity index (χ1) is 19.8. The number of quaternary nitrogens is 1. The summed E-state index contributed by atoms with van der Waals surface area (Å²) in [5, 5.41) is 20.7. The zero-order valence-corrected chi connectivity index (χ0v) is 29.7. The fourth-order valence-electron chi connectivity index (χ4n) is 4.44. The van der Waals surface area contributed by atoms with Crippen LogP contribution < -0.4 is 5.09 Å². The second-order valence-corrected chi connectivity index (χ2v) is 16.4. The Morgan fingerprint density at radius 2 is 0.902 bits per heavy atom. The maximum Gasteiger partial charge on any atom is 0.405 e. The second-order valence-electron chi connectivity index (χ2n) is 12.1. The minimum absolute atomic E-state index is 0.294. The van der Waals surface area contributed by atoms with Gasteiger partial charge in [0.2, 0.25) is 0 Å². The molecule has 0 saturated heterocycles. The summed E-state index contributed by atoms with van der Waals surface area (Å²) in [4.78, 5) is 0. The van der Waals surface area contributed by atoms with Crippen LogP contribution in [0.4, 0.5) is 0 Å². The predicted molar refractivity (Wildman–Crippen MR) is 182 cm³/mol. The number of likely N-dealkylation sites (N-methyl/N-ethyl adjacent to an activating group) is 1. The minimum Gasteiger partial charge on any atom is -0.396 e. The van der Waals surface area contributed by atoms with Crippen molar-refractivity contribution in [2.45, 2.75) is 116 Å². The number of hydrogen-bond acceptors (Lipinski definition) is 7. The predicted octanol–water partition coefficient (Wildman–Crippen LogP) is 7.90. The van der Waals surface area contributed by atoms with E-state index in [0.717, 1.165) is 48.2 Å². The van der Waals surface area contributed by atoms with E-state index in [1.807, 2.05) is 23.5 Å². The molecule has 0 amide bonds. The van der Waals surface area contributed by atoms with Gasteiger partial charge in [0.05, 0.1) is 60.7 Å². The molecule has 0 atom stereocenters. The van der Waals surface area contributed by atoms with Crippen molar-refractivity contribution in [3.63, 3.8) is 0 Å². The zero-order valence-electron chi connectivity index (χ0n) is 27.1. The molecule has 0 aromatic heterocycles. The molecular formula is C31H68N2O5PS2+. The van der Waals surface area contributed by atoms with Crippen LogP contribution in [0.2, 0.25) is 0 Å². The lowest BCUT2D eigenvalue weighted by Gasteiger charge is -2.25. The molecule has 41 heavy (non-hydrogen) atoms. The highest BCUT2D eigenvalue weighted by atomic mass is 32.2. The van der Waals surface area contributed by atoms with Crippen LogP contribution in [0.15, 0.2) is 0 Å². The first-order valence-electron chi connectivity index (χ1n) is 16.6. The van der Waals surface area contributed by atoms with Gasteiger partial charge in [-0.3, -0.25) is 9.05 Å². The molecule has 0 aromatic carbocycles. The number of nitrogens with one attached hydrogen (secondary N) is 1. The van der Waals surface area contributed by atoms with Crippen molar-refractivity contribution in [1.29, 1.82) is 0 Å². The van der Waals surface area contributed by atoms with Gasteiger partial charge < -0.3 is 14.7 Å². The molecule has 0 spiro atoms. The van der Waals surface area contributed by atoms with E-state index < -0.39 is 7.75 Å². The Kier molecular flexibility index (Phi) is 31.2. The van der Waals surface area contributed by atoms with Crippen LogP contribution in [-0.2, 0) is 13.6 Å². The quantitative estimate of drug-likeness (QED) is 0.0371. The lowest BCUT2D eigenvalue weighted by atomic mass is 10.1. The van der Waals surface area contributed by atoms with Gasteiger partial charge in [-0.2, -0.15) is 23.5 Å². The zero-order chi connectivity index (χ0) is 30.3. The van der Waals surface area contributed by atoms with Crippen LogP contribution in [0.3, 0.4) is 0 Å². The standard InChI is InChI=1S/C31H68N2O5PS2/c1-33(2,3)23-22-32-39(36,37-26-18-14-10-6-4-8-12-16-20-28-40-30-24-34)38-27-19-15-11-7-5-9-13-17-21-29-41-31-25-35/h34-35H,4-31H2,1-3H3,(H,32,36)/q+1. The molecule has 0 bridgehead atoms. The summed E-state index contributed by atoms with van der Waals surface area (Å²) in [6.07, 6.45) is 22.0. The van der Waals surface area contributed by atoms with Crippen molar-refractivity contribution in [3.8, 4) is 0 Å². The molecule has 0 radical (unpaired) electrons. The highest BCUT2D eigenvalue weighted by molar-refractivity contribution is 7.99. The van der Waals surface area contributed by atoms with Crippen LogP contribution in [-0.4, -0.2) is 98.4 Å². The van der Waals surface area contributed by atoms with Crippen LogP contribution in [0.1, 0.15) is 116 Å². The lowest BCUT2D eigenvalue weighted by molar-refractivity contribution is -0.869. The van der Waals surface area contributed by atoms with E-state index in [2.05, 4.69) is 26.2 Å². The maximum atomic E-state index is 13.3.